The third-order valence-electron chi connectivity index (χ3n) is 3.51. The number of carboxylic acids is 1. The van der Waals surface area contributed by atoms with Crippen molar-refractivity contribution in [2.45, 2.75) is 26.2 Å². The van der Waals surface area contributed by atoms with Gasteiger partial charge in [0, 0.05) is 25.9 Å². The molecule has 0 aromatic carbocycles. The van der Waals surface area contributed by atoms with Gasteiger partial charge >= 0.3 is 5.97 Å². The van der Waals surface area contributed by atoms with Crippen LogP contribution in [0.15, 0.2) is 22.8 Å². The summed E-state index contributed by atoms with van der Waals surface area (Å²) in [4.78, 5) is 24.7. The zero-order valence-electron chi connectivity index (χ0n) is 10.4. The molecule has 1 aromatic rings. The van der Waals surface area contributed by atoms with E-state index in [0.717, 1.165) is 5.76 Å². The van der Waals surface area contributed by atoms with Crippen molar-refractivity contribution in [3.63, 3.8) is 0 Å². The normalized spacial score (nSPS) is 23.3. The Bertz CT molecular complexity index is 440. The highest BCUT2D eigenvalue weighted by Crippen LogP contribution is 2.30. The number of aryl methyl sites for hydroxylation is 1. The molecule has 1 N–H and O–H groups in total. The molecule has 2 heterocycles. The van der Waals surface area contributed by atoms with Crippen molar-refractivity contribution < 1.29 is 19.1 Å². The molecule has 1 aliphatic rings. The highest BCUT2D eigenvalue weighted by Gasteiger charge is 2.41. The fourth-order valence-corrected chi connectivity index (χ4v) is 2.19. The highest BCUT2D eigenvalue weighted by atomic mass is 16.4. The van der Waals surface area contributed by atoms with Gasteiger partial charge in [0.2, 0.25) is 5.91 Å². The van der Waals surface area contributed by atoms with E-state index < -0.39 is 11.4 Å². The molecule has 0 spiro atoms. The fraction of sp³-hybridized carbons (Fsp3) is 0.538. The Morgan fingerprint density at radius 3 is 2.89 bits per heavy atom. The number of hydrogen-bond donors (Lipinski definition) is 1. The average molecular weight is 251 g/mol. The van der Waals surface area contributed by atoms with Gasteiger partial charge in [-0.2, -0.15) is 0 Å². The van der Waals surface area contributed by atoms with Gasteiger partial charge in [-0.15, -0.1) is 0 Å². The summed E-state index contributed by atoms with van der Waals surface area (Å²) in [5.41, 5.74) is -0.791. The number of carbonyl (C=O) groups excluding carboxylic acids is 1. The van der Waals surface area contributed by atoms with Gasteiger partial charge in [-0.25, -0.2) is 0 Å². The molecule has 1 fully saturated rings. The van der Waals surface area contributed by atoms with Crippen molar-refractivity contribution in [2.24, 2.45) is 5.41 Å². The molecule has 1 atom stereocenters. The molecule has 1 aliphatic heterocycles. The molecule has 1 aromatic heterocycles. The number of amides is 1. The summed E-state index contributed by atoms with van der Waals surface area (Å²) < 4.78 is 5.16. The van der Waals surface area contributed by atoms with Crippen molar-refractivity contribution in [2.75, 3.05) is 13.1 Å². The SMILES string of the molecule is C[C@]1(C(=O)O)CCN(C(=O)CCc2ccco2)C1. The van der Waals surface area contributed by atoms with Crippen LogP contribution in [-0.4, -0.2) is 35.0 Å². The smallest absolute Gasteiger partial charge is 0.311 e. The third-order valence-corrected chi connectivity index (χ3v) is 3.51. The van der Waals surface area contributed by atoms with Crippen molar-refractivity contribution in [1.29, 1.82) is 0 Å². The van der Waals surface area contributed by atoms with Crippen LogP contribution in [0, 0.1) is 5.41 Å². The molecule has 1 amide bonds. The molecule has 2 rings (SSSR count). The first kappa shape index (κ1) is 12.7. The molecule has 0 unspecified atom stereocenters. The van der Waals surface area contributed by atoms with Gasteiger partial charge in [-0.3, -0.25) is 9.59 Å². The standard InChI is InChI=1S/C13H17NO4/c1-13(12(16)17)6-7-14(9-13)11(15)5-4-10-3-2-8-18-10/h2-3,8H,4-7,9H2,1H3,(H,16,17)/t13-/m0/s1. The summed E-state index contributed by atoms with van der Waals surface area (Å²) in [7, 11) is 0. The van der Waals surface area contributed by atoms with Crippen LogP contribution in [0.3, 0.4) is 0 Å². The van der Waals surface area contributed by atoms with Gasteiger partial charge < -0.3 is 14.4 Å². The van der Waals surface area contributed by atoms with Crippen LogP contribution in [0.2, 0.25) is 0 Å². The average Bonchev–Trinajstić information content (AvgIpc) is 2.95. The molecule has 1 saturated heterocycles. The van der Waals surface area contributed by atoms with Gasteiger partial charge in [-0.1, -0.05) is 0 Å². The van der Waals surface area contributed by atoms with E-state index in [0.29, 0.717) is 32.4 Å². The maximum absolute atomic E-state index is 11.9. The van der Waals surface area contributed by atoms with Crippen LogP contribution < -0.4 is 0 Å². The van der Waals surface area contributed by atoms with Gasteiger partial charge in [0.05, 0.1) is 11.7 Å². The second-order valence-electron chi connectivity index (χ2n) is 5.01. The van der Waals surface area contributed by atoms with Gasteiger partial charge in [0.25, 0.3) is 0 Å². The number of carbonyl (C=O) groups is 2. The number of rotatable bonds is 4. The summed E-state index contributed by atoms with van der Waals surface area (Å²) in [6.45, 7) is 2.52. The molecule has 5 nitrogen and oxygen atoms in total. The lowest BCUT2D eigenvalue weighted by molar-refractivity contribution is -0.147. The molecule has 0 bridgehead atoms. The van der Waals surface area contributed by atoms with E-state index in [1.54, 1.807) is 24.2 Å². The zero-order chi connectivity index (χ0) is 13.2. The molecule has 0 saturated carbocycles. The quantitative estimate of drug-likeness (QED) is 0.881. The van der Waals surface area contributed by atoms with E-state index >= 15 is 0 Å². The third kappa shape index (κ3) is 2.55. The molecule has 5 heteroatoms. The summed E-state index contributed by atoms with van der Waals surface area (Å²) in [5.74, 6) is -0.0521. The topological polar surface area (TPSA) is 70.8 Å². The second kappa shape index (κ2) is 4.84. The predicted octanol–water partition coefficient (Wildman–Crippen LogP) is 1.54. The van der Waals surface area contributed by atoms with Gasteiger partial charge in [-0.05, 0) is 25.5 Å². The fourth-order valence-electron chi connectivity index (χ4n) is 2.19. The first-order chi connectivity index (χ1) is 8.51. The van der Waals surface area contributed by atoms with E-state index in [9.17, 15) is 9.59 Å². The summed E-state index contributed by atoms with van der Waals surface area (Å²) in [6.07, 6.45) is 3.03. The Morgan fingerprint density at radius 1 is 1.56 bits per heavy atom. The monoisotopic (exact) mass is 251 g/mol. The minimum Gasteiger partial charge on any atom is -0.481 e. The van der Waals surface area contributed by atoms with Crippen molar-refractivity contribution >= 4 is 11.9 Å². The first-order valence-corrected chi connectivity index (χ1v) is 6.05. The van der Waals surface area contributed by atoms with Crippen LogP contribution in [-0.2, 0) is 16.0 Å². The Balaban J connectivity index is 1.86. The Kier molecular flexibility index (Phi) is 3.41. The number of hydrogen-bond acceptors (Lipinski definition) is 3. The first-order valence-electron chi connectivity index (χ1n) is 6.05. The van der Waals surface area contributed by atoms with E-state index in [-0.39, 0.29) is 5.91 Å². The summed E-state index contributed by atoms with van der Waals surface area (Å²) >= 11 is 0. The van der Waals surface area contributed by atoms with E-state index in [1.807, 2.05) is 6.07 Å². The lowest BCUT2D eigenvalue weighted by atomic mass is 9.90. The Morgan fingerprint density at radius 2 is 2.33 bits per heavy atom. The van der Waals surface area contributed by atoms with Gasteiger partial charge in [0.15, 0.2) is 0 Å². The number of nitrogens with zero attached hydrogens (tertiary/aromatic N) is 1. The van der Waals surface area contributed by atoms with E-state index in [2.05, 4.69) is 0 Å². The molecular weight excluding hydrogens is 234 g/mol. The molecule has 18 heavy (non-hydrogen) atoms. The maximum atomic E-state index is 11.9. The lowest BCUT2D eigenvalue weighted by Crippen LogP contribution is -2.34. The second-order valence-corrected chi connectivity index (χ2v) is 5.01. The van der Waals surface area contributed by atoms with E-state index in [1.165, 1.54) is 0 Å². The molecule has 0 radical (unpaired) electrons. The Labute approximate surface area is 105 Å². The lowest BCUT2D eigenvalue weighted by Gasteiger charge is -2.20. The predicted molar refractivity (Wildman–Crippen MR) is 64.0 cm³/mol. The van der Waals surface area contributed by atoms with Crippen molar-refractivity contribution in [1.82, 2.24) is 4.90 Å². The number of likely N-dealkylation sites (tertiary alicyclic amines) is 1. The van der Waals surface area contributed by atoms with Crippen LogP contribution in [0.5, 0.6) is 0 Å². The number of furan rings is 1. The number of carboxylic acid groups (broad SMARTS) is 1. The van der Waals surface area contributed by atoms with Crippen molar-refractivity contribution in [3.05, 3.63) is 24.2 Å². The summed E-state index contributed by atoms with van der Waals surface area (Å²) in [6, 6.07) is 3.62. The maximum Gasteiger partial charge on any atom is 0.311 e. The number of aliphatic carboxylic acids is 1. The molecule has 98 valence electrons. The molecule has 0 aliphatic carbocycles. The Hall–Kier alpha value is -1.78. The van der Waals surface area contributed by atoms with Crippen LogP contribution >= 0.6 is 0 Å². The highest BCUT2D eigenvalue weighted by molar-refractivity contribution is 5.80. The minimum absolute atomic E-state index is 0.00336. The van der Waals surface area contributed by atoms with Crippen LogP contribution in [0.25, 0.3) is 0 Å². The minimum atomic E-state index is -0.830. The van der Waals surface area contributed by atoms with Crippen LogP contribution in [0.1, 0.15) is 25.5 Å². The van der Waals surface area contributed by atoms with E-state index in [4.69, 9.17) is 9.52 Å². The molecular formula is C13H17NO4. The van der Waals surface area contributed by atoms with Gasteiger partial charge in [0.1, 0.15) is 5.76 Å². The van der Waals surface area contributed by atoms with Crippen LogP contribution in [0.4, 0.5) is 0 Å². The van der Waals surface area contributed by atoms with Crippen molar-refractivity contribution in [3.8, 4) is 0 Å². The zero-order valence-corrected chi connectivity index (χ0v) is 10.4. The largest absolute Gasteiger partial charge is 0.481 e. The summed E-state index contributed by atoms with van der Waals surface area (Å²) in [5, 5.41) is 9.10.